The molecule has 0 aliphatic rings. The highest BCUT2D eigenvalue weighted by Gasteiger charge is 2.06. The third kappa shape index (κ3) is 6.99. The molecule has 154 valence electrons. The molecule has 0 saturated heterocycles. The van der Waals surface area contributed by atoms with Gasteiger partial charge in [0, 0.05) is 38.1 Å². The molecule has 0 aliphatic carbocycles. The van der Waals surface area contributed by atoms with Crippen LogP contribution in [-0.4, -0.2) is 50.0 Å². The Labute approximate surface area is 168 Å². The Morgan fingerprint density at radius 2 is 1.89 bits per heavy atom. The number of nitrogens with one attached hydrogen (secondary N) is 2. The van der Waals surface area contributed by atoms with Crippen LogP contribution in [0.2, 0.25) is 0 Å². The van der Waals surface area contributed by atoms with Crippen LogP contribution in [0.15, 0.2) is 40.2 Å². The summed E-state index contributed by atoms with van der Waals surface area (Å²) in [4.78, 5) is 4.97. The van der Waals surface area contributed by atoms with Crippen molar-refractivity contribution in [1.29, 1.82) is 0 Å². The van der Waals surface area contributed by atoms with Gasteiger partial charge >= 0.3 is 0 Å². The van der Waals surface area contributed by atoms with Gasteiger partial charge in [-0.05, 0) is 57.4 Å². The van der Waals surface area contributed by atoms with Gasteiger partial charge in [-0.1, -0.05) is 12.1 Å². The molecule has 0 amide bonds. The van der Waals surface area contributed by atoms with E-state index >= 15 is 0 Å². The second-order valence-electron chi connectivity index (χ2n) is 6.86. The predicted molar refractivity (Wildman–Crippen MR) is 114 cm³/mol. The maximum atomic E-state index is 11.5. The van der Waals surface area contributed by atoms with Crippen LogP contribution in [0.3, 0.4) is 0 Å². The third-order valence-electron chi connectivity index (χ3n) is 4.30. The lowest BCUT2D eigenvalue weighted by atomic mass is 10.1. The number of guanidine groups is 1. The molecule has 2 rings (SSSR count). The van der Waals surface area contributed by atoms with E-state index in [0.29, 0.717) is 4.90 Å². The molecule has 0 spiro atoms. The summed E-state index contributed by atoms with van der Waals surface area (Å²) in [5.41, 5.74) is 3.30. The molecule has 0 bridgehead atoms. The van der Waals surface area contributed by atoms with Gasteiger partial charge in [-0.15, -0.1) is 0 Å². The number of aromatic nitrogens is 2. The van der Waals surface area contributed by atoms with Crippen LogP contribution in [-0.2, 0) is 22.8 Å². The summed E-state index contributed by atoms with van der Waals surface area (Å²) in [6, 6.07) is 9.11. The highest BCUT2D eigenvalue weighted by molar-refractivity contribution is 7.90. The average molecular weight is 406 g/mol. The van der Waals surface area contributed by atoms with Gasteiger partial charge in [0.05, 0.1) is 10.6 Å². The minimum atomic E-state index is -3.15. The first kappa shape index (κ1) is 21.9. The molecule has 8 heteroatoms. The van der Waals surface area contributed by atoms with Crippen molar-refractivity contribution >= 4 is 15.8 Å². The first-order chi connectivity index (χ1) is 13.3. The standard InChI is InChI=1S/C20H31N5O2S/c1-5-21-20(22-12-6-14-25-17(3)15-16(2)24-25)23-13-11-18-7-9-19(10-8-18)28(4,26)27/h7-10,15H,5-6,11-14H2,1-4H3,(H2,21,22,23). The summed E-state index contributed by atoms with van der Waals surface area (Å²) in [6.07, 6.45) is 2.93. The summed E-state index contributed by atoms with van der Waals surface area (Å²) >= 11 is 0. The Morgan fingerprint density at radius 3 is 2.46 bits per heavy atom. The molecule has 2 N–H and O–H groups in total. The molecule has 1 aromatic carbocycles. The Morgan fingerprint density at radius 1 is 1.18 bits per heavy atom. The van der Waals surface area contributed by atoms with Crippen molar-refractivity contribution in [3.05, 3.63) is 47.3 Å². The van der Waals surface area contributed by atoms with Gasteiger partial charge in [-0.3, -0.25) is 9.67 Å². The molecule has 1 heterocycles. The number of benzene rings is 1. The molecule has 0 radical (unpaired) electrons. The minimum absolute atomic E-state index is 0.349. The van der Waals surface area contributed by atoms with E-state index in [0.717, 1.165) is 56.2 Å². The molecular formula is C20H31N5O2S. The Hall–Kier alpha value is -2.35. The van der Waals surface area contributed by atoms with E-state index in [1.54, 1.807) is 12.1 Å². The normalized spacial score (nSPS) is 12.2. The zero-order chi connectivity index (χ0) is 20.6. The van der Waals surface area contributed by atoms with Crippen LogP contribution in [0.5, 0.6) is 0 Å². The lowest BCUT2D eigenvalue weighted by Gasteiger charge is -2.11. The number of hydrogen-bond donors (Lipinski definition) is 2. The number of hydrogen-bond acceptors (Lipinski definition) is 4. The largest absolute Gasteiger partial charge is 0.357 e. The molecule has 0 aliphatic heterocycles. The predicted octanol–water partition coefficient (Wildman–Crippen LogP) is 2.09. The van der Waals surface area contributed by atoms with E-state index in [1.165, 1.54) is 11.9 Å². The maximum Gasteiger partial charge on any atom is 0.191 e. The average Bonchev–Trinajstić information content (AvgIpc) is 2.95. The highest BCUT2D eigenvalue weighted by Crippen LogP contribution is 2.10. The lowest BCUT2D eigenvalue weighted by Crippen LogP contribution is -2.38. The summed E-state index contributed by atoms with van der Waals surface area (Å²) in [7, 11) is -3.15. The molecule has 2 aromatic rings. The molecule has 0 fully saturated rings. The third-order valence-corrected chi connectivity index (χ3v) is 5.43. The molecule has 1 aromatic heterocycles. The zero-order valence-electron chi connectivity index (χ0n) is 17.2. The van der Waals surface area contributed by atoms with Gasteiger partial charge in [0.25, 0.3) is 0 Å². The second kappa shape index (κ2) is 10.3. The highest BCUT2D eigenvalue weighted by atomic mass is 32.2. The zero-order valence-corrected chi connectivity index (χ0v) is 18.0. The molecule has 0 atom stereocenters. The van der Waals surface area contributed by atoms with Crippen molar-refractivity contribution in [2.75, 3.05) is 25.9 Å². The molecule has 0 saturated carbocycles. The van der Waals surface area contributed by atoms with E-state index < -0.39 is 9.84 Å². The SMILES string of the molecule is CCNC(=NCCCn1nc(C)cc1C)NCCc1ccc(S(C)(=O)=O)cc1. The van der Waals surface area contributed by atoms with Gasteiger partial charge < -0.3 is 10.6 Å². The van der Waals surface area contributed by atoms with Crippen molar-refractivity contribution in [3.8, 4) is 0 Å². The van der Waals surface area contributed by atoms with Crippen molar-refractivity contribution in [3.63, 3.8) is 0 Å². The summed E-state index contributed by atoms with van der Waals surface area (Å²) in [5, 5.41) is 11.0. The van der Waals surface area contributed by atoms with E-state index in [1.807, 2.05) is 30.7 Å². The molecular weight excluding hydrogens is 374 g/mol. The van der Waals surface area contributed by atoms with E-state index in [-0.39, 0.29) is 0 Å². The van der Waals surface area contributed by atoms with Gasteiger partial charge in [-0.25, -0.2) is 8.42 Å². The van der Waals surface area contributed by atoms with Crippen LogP contribution < -0.4 is 10.6 Å². The summed E-state index contributed by atoms with van der Waals surface area (Å²) in [6.45, 7) is 9.21. The van der Waals surface area contributed by atoms with Crippen molar-refractivity contribution in [2.24, 2.45) is 4.99 Å². The van der Waals surface area contributed by atoms with Crippen molar-refractivity contribution in [2.45, 2.75) is 45.1 Å². The van der Waals surface area contributed by atoms with Crippen molar-refractivity contribution < 1.29 is 8.42 Å². The number of sulfone groups is 1. The minimum Gasteiger partial charge on any atom is -0.357 e. The quantitative estimate of drug-likeness (QED) is 0.379. The first-order valence-corrected chi connectivity index (χ1v) is 11.5. The number of rotatable bonds is 9. The van der Waals surface area contributed by atoms with E-state index in [9.17, 15) is 8.42 Å². The fourth-order valence-corrected chi connectivity index (χ4v) is 3.51. The Bertz CT molecular complexity index is 886. The fraction of sp³-hybridized carbons (Fsp3) is 0.500. The molecule has 7 nitrogen and oxygen atoms in total. The van der Waals surface area contributed by atoms with Gasteiger partial charge in [0.15, 0.2) is 15.8 Å². The van der Waals surface area contributed by atoms with E-state index in [4.69, 9.17) is 0 Å². The Balaban J connectivity index is 1.79. The van der Waals surface area contributed by atoms with Crippen LogP contribution in [0, 0.1) is 13.8 Å². The van der Waals surface area contributed by atoms with Gasteiger partial charge in [-0.2, -0.15) is 5.10 Å². The maximum absolute atomic E-state index is 11.5. The Kier molecular flexibility index (Phi) is 8.04. The second-order valence-corrected chi connectivity index (χ2v) is 8.87. The topological polar surface area (TPSA) is 88.4 Å². The van der Waals surface area contributed by atoms with Crippen LogP contribution in [0.1, 0.15) is 30.3 Å². The van der Waals surface area contributed by atoms with Crippen LogP contribution in [0.25, 0.3) is 0 Å². The van der Waals surface area contributed by atoms with Crippen LogP contribution in [0.4, 0.5) is 0 Å². The molecule has 0 unspecified atom stereocenters. The summed E-state index contributed by atoms with van der Waals surface area (Å²) in [5.74, 6) is 0.795. The lowest BCUT2D eigenvalue weighted by molar-refractivity contribution is 0.567. The molecule has 28 heavy (non-hydrogen) atoms. The fourth-order valence-electron chi connectivity index (χ4n) is 2.88. The summed E-state index contributed by atoms with van der Waals surface area (Å²) < 4.78 is 25.0. The van der Waals surface area contributed by atoms with E-state index in [2.05, 4.69) is 33.7 Å². The van der Waals surface area contributed by atoms with Crippen LogP contribution >= 0.6 is 0 Å². The smallest absolute Gasteiger partial charge is 0.191 e. The first-order valence-electron chi connectivity index (χ1n) is 9.62. The number of aryl methyl sites for hydroxylation is 3. The number of aliphatic imine (C=N–C) groups is 1. The number of nitrogens with zero attached hydrogens (tertiary/aromatic N) is 3. The van der Waals surface area contributed by atoms with Gasteiger partial charge in [0.1, 0.15) is 0 Å². The van der Waals surface area contributed by atoms with Crippen molar-refractivity contribution in [1.82, 2.24) is 20.4 Å². The van der Waals surface area contributed by atoms with Gasteiger partial charge in [0.2, 0.25) is 0 Å². The monoisotopic (exact) mass is 405 g/mol.